The van der Waals surface area contributed by atoms with Gasteiger partial charge in [-0.05, 0) is 62.6 Å². The van der Waals surface area contributed by atoms with Crippen molar-refractivity contribution in [3.05, 3.63) is 64.5 Å². The molecule has 0 saturated carbocycles. The highest BCUT2D eigenvalue weighted by Gasteiger charge is 2.24. The Bertz CT molecular complexity index is 1480. The summed E-state index contributed by atoms with van der Waals surface area (Å²) in [6, 6.07) is 13.9. The van der Waals surface area contributed by atoms with Gasteiger partial charge in [-0.3, -0.25) is 4.79 Å². The number of aryl methyl sites for hydroxylation is 2. The Balaban J connectivity index is 1.47. The maximum absolute atomic E-state index is 13.0. The number of carbonyl (C=O) groups is 2. The number of unbranched alkanes of at least 4 members (excludes halogenated alkanes) is 1. The van der Waals surface area contributed by atoms with E-state index in [1.807, 2.05) is 73.2 Å². The number of ether oxygens (including phenoxy) is 2. The quantitative estimate of drug-likeness (QED) is 0.110. The van der Waals surface area contributed by atoms with Crippen molar-refractivity contribution in [2.45, 2.75) is 52.2 Å². The summed E-state index contributed by atoms with van der Waals surface area (Å²) in [6.45, 7) is 9.50. The molecule has 0 atom stereocenters. The van der Waals surface area contributed by atoms with E-state index in [-0.39, 0.29) is 11.7 Å². The highest BCUT2D eigenvalue weighted by atomic mass is 32.2. The molecule has 2 heterocycles. The van der Waals surface area contributed by atoms with E-state index in [9.17, 15) is 9.59 Å². The number of nitrogens with one attached hydrogen (secondary N) is 1. The molecular formula is C30H34N4O4S2. The van der Waals surface area contributed by atoms with Crippen molar-refractivity contribution in [2.24, 2.45) is 0 Å². The van der Waals surface area contributed by atoms with Crippen LogP contribution in [0.15, 0.2) is 53.0 Å². The lowest BCUT2D eigenvalue weighted by Gasteiger charge is -2.10. The second-order valence-corrected chi connectivity index (χ2v) is 11.1. The van der Waals surface area contributed by atoms with E-state index in [2.05, 4.69) is 22.4 Å². The van der Waals surface area contributed by atoms with Gasteiger partial charge < -0.3 is 19.4 Å². The molecule has 4 aromatic rings. The third kappa shape index (κ3) is 6.74. The number of methoxy groups -OCH3 is 1. The molecule has 8 nitrogen and oxygen atoms in total. The van der Waals surface area contributed by atoms with Gasteiger partial charge in [-0.15, -0.1) is 21.5 Å². The zero-order valence-corrected chi connectivity index (χ0v) is 25.1. The van der Waals surface area contributed by atoms with Gasteiger partial charge in [-0.2, -0.15) is 0 Å². The molecule has 10 heteroatoms. The van der Waals surface area contributed by atoms with E-state index >= 15 is 0 Å². The van der Waals surface area contributed by atoms with E-state index in [0.717, 1.165) is 52.2 Å². The molecule has 0 spiro atoms. The number of amides is 1. The number of hydrogen-bond acceptors (Lipinski definition) is 8. The van der Waals surface area contributed by atoms with Crippen LogP contribution in [0.2, 0.25) is 0 Å². The highest BCUT2D eigenvalue weighted by molar-refractivity contribution is 7.99. The largest absolute Gasteiger partial charge is 0.494 e. The van der Waals surface area contributed by atoms with E-state index in [1.54, 1.807) is 0 Å². The van der Waals surface area contributed by atoms with Crippen molar-refractivity contribution in [3.63, 3.8) is 0 Å². The highest BCUT2D eigenvalue weighted by Crippen LogP contribution is 2.38. The van der Waals surface area contributed by atoms with Crippen LogP contribution in [-0.4, -0.2) is 46.1 Å². The number of benzene rings is 2. The summed E-state index contributed by atoms with van der Waals surface area (Å²) in [6.07, 6.45) is 2.11. The molecule has 0 fully saturated rings. The smallest absolute Gasteiger partial charge is 0.341 e. The van der Waals surface area contributed by atoms with Crippen LogP contribution < -0.4 is 10.1 Å². The second-order valence-electron chi connectivity index (χ2n) is 9.28. The second kappa shape index (κ2) is 13.6. The summed E-state index contributed by atoms with van der Waals surface area (Å²) < 4.78 is 12.8. The maximum atomic E-state index is 13.0. The Labute approximate surface area is 243 Å². The molecule has 0 aliphatic carbocycles. The first-order chi connectivity index (χ1) is 19.4. The molecule has 210 valence electrons. The van der Waals surface area contributed by atoms with E-state index in [0.29, 0.717) is 28.9 Å². The summed E-state index contributed by atoms with van der Waals surface area (Å²) in [5.41, 5.74) is 5.10. The monoisotopic (exact) mass is 578 g/mol. The van der Waals surface area contributed by atoms with Crippen LogP contribution >= 0.6 is 23.1 Å². The van der Waals surface area contributed by atoms with Crippen LogP contribution in [0.5, 0.6) is 5.75 Å². The fraction of sp³-hybridized carbons (Fsp3) is 0.333. The number of thioether (sulfide) groups is 1. The molecule has 4 rings (SSSR count). The van der Waals surface area contributed by atoms with Crippen molar-refractivity contribution in [3.8, 4) is 28.3 Å². The van der Waals surface area contributed by atoms with Gasteiger partial charge in [-0.1, -0.05) is 48.9 Å². The normalized spacial score (nSPS) is 10.9. The summed E-state index contributed by atoms with van der Waals surface area (Å²) in [5, 5.41) is 14.6. The third-order valence-corrected chi connectivity index (χ3v) is 8.22. The Morgan fingerprint density at radius 2 is 1.82 bits per heavy atom. The fourth-order valence-corrected chi connectivity index (χ4v) is 5.97. The Kier molecular flexibility index (Phi) is 10.0. The van der Waals surface area contributed by atoms with Gasteiger partial charge in [-0.25, -0.2) is 4.79 Å². The lowest BCUT2D eigenvalue weighted by molar-refractivity contribution is -0.113. The number of hydrogen-bond donors (Lipinski definition) is 1. The summed E-state index contributed by atoms with van der Waals surface area (Å²) in [4.78, 5) is 25.7. The van der Waals surface area contributed by atoms with Gasteiger partial charge in [0.05, 0.1) is 19.5 Å². The van der Waals surface area contributed by atoms with Gasteiger partial charge in [0, 0.05) is 23.1 Å². The Hall–Kier alpha value is -3.63. The number of aromatic nitrogens is 3. The molecule has 1 amide bonds. The van der Waals surface area contributed by atoms with Gasteiger partial charge >= 0.3 is 5.97 Å². The number of nitrogens with zero attached hydrogens (tertiary/aromatic N) is 3. The van der Waals surface area contributed by atoms with E-state index in [1.165, 1.54) is 30.2 Å². The predicted molar refractivity (Wildman–Crippen MR) is 161 cm³/mol. The third-order valence-electron chi connectivity index (χ3n) is 6.36. The van der Waals surface area contributed by atoms with Crippen molar-refractivity contribution >= 4 is 40.0 Å². The number of rotatable bonds is 12. The Morgan fingerprint density at radius 1 is 1.05 bits per heavy atom. The van der Waals surface area contributed by atoms with Crippen molar-refractivity contribution < 1.29 is 19.1 Å². The molecule has 0 saturated heterocycles. The summed E-state index contributed by atoms with van der Waals surface area (Å²) in [7, 11) is 1.34. The lowest BCUT2D eigenvalue weighted by Crippen LogP contribution is -2.16. The first kappa shape index (κ1) is 29.4. The Morgan fingerprint density at radius 3 is 2.52 bits per heavy atom. The molecule has 0 radical (unpaired) electrons. The van der Waals surface area contributed by atoms with Crippen molar-refractivity contribution in [1.82, 2.24) is 14.8 Å². The minimum atomic E-state index is -0.489. The zero-order valence-electron chi connectivity index (χ0n) is 23.4. The van der Waals surface area contributed by atoms with Gasteiger partial charge in [0.2, 0.25) is 5.91 Å². The summed E-state index contributed by atoms with van der Waals surface area (Å²) >= 11 is 2.61. The van der Waals surface area contributed by atoms with Crippen molar-refractivity contribution in [2.75, 3.05) is 24.8 Å². The van der Waals surface area contributed by atoms with E-state index < -0.39 is 5.97 Å². The predicted octanol–water partition coefficient (Wildman–Crippen LogP) is 7.01. The lowest BCUT2D eigenvalue weighted by atomic mass is 9.97. The SMILES string of the molecule is CCCCOc1ccc(-c2nnc(SCC(=O)Nc3scc(-c4cc(C)ccc4C)c3C(=O)OC)n2CC)cc1. The van der Waals surface area contributed by atoms with Crippen LogP contribution in [0, 0.1) is 13.8 Å². The van der Waals surface area contributed by atoms with Crippen LogP contribution in [0.4, 0.5) is 5.00 Å². The molecule has 0 aliphatic rings. The number of thiophene rings is 1. The zero-order chi connectivity index (χ0) is 28.6. The maximum Gasteiger partial charge on any atom is 0.341 e. The summed E-state index contributed by atoms with van der Waals surface area (Å²) in [5.74, 6) is 0.934. The van der Waals surface area contributed by atoms with Crippen LogP contribution in [0.25, 0.3) is 22.5 Å². The molecule has 2 aromatic carbocycles. The minimum Gasteiger partial charge on any atom is -0.494 e. The van der Waals surface area contributed by atoms with Crippen LogP contribution in [0.1, 0.15) is 48.2 Å². The van der Waals surface area contributed by atoms with Gasteiger partial charge in [0.25, 0.3) is 0 Å². The topological polar surface area (TPSA) is 95.3 Å². The van der Waals surface area contributed by atoms with Crippen LogP contribution in [0.3, 0.4) is 0 Å². The molecule has 40 heavy (non-hydrogen) atoms. The number of carbonyl (C=O) groups excluding carboxylic acids is 2. The average Bonchev–Trinajstić information content (AvgIpc) is 3.57. The number of esters is 1. The van der Waals surface area contributed by atoms with Crippen molar-refractivity contribution in [1.29, 1.82) is 0 Å². The molecule has 0 unspecified atom stereocenters. The molecule has 0 bridgehead atoms. The standard InChI is InChI=1S/C30H34N4O4S2/c1-6-8-15-38-22-13-11-21(12-14-22)27-32-33-30(34(27)7-2)40-18-25(35)31-28-26(29(36)37-5)24(17-39-28)23-16-19(3)9-10-20(23)4/h9-14,16-17H,6-8,15,18H2,1-5H3,(H,31,35). The number of anilines is 1. The molecule has 2 aromatic heterocycles. The molecule has 0 aliphatic heterocycles. The fourth-order valence-electron chi connectivity index (χ4n) is 4.20. The van der Waals surface area contributed by atoms with Gasteiger partial charge in [0.1, 0.15) is 16.3 Å². The van der Waals surface area contributed by atoms with Crippen LogP contribution in [-0.2, 0) is 16.1 Å². The first-order valence-electron chi connectivity index (χ1n) is 13.2. The first-order valence-corrected chi connectivity index (χ1v) is 15.1. The molecular weight excluding hydrogens is 544 g/mol. The minimum absolute atomic E-state index is 0.111. The average molecular weight is 579 g/mol. The molecule has 1 N–H and O–H groups in total. The van der Waals surface area contributed by atoms with Gasteiger partial charge in [0.15, 0.2) is 11.0 Å². The van der Waals surface area contributed by atoms with E-state index in [4.69, 9.17) is 9.47 Å².